The molecule has 0 amide bonds. The van der Waals surface area contributed by atoms with Crippen LogP contribution in [0.2, 0.25) is 0 Å². The van der Waals surface area contributed by atoms with Gasteiger partial charge < -0.3 is 0 Å². The van der Waals surface area contributed by atoms with Gasteiger partial charge in [0, 0.05) is 17.7 Å². The Bertz CT molecular complexity index is 614. The van der Waals surface area contributed by atoms with E-state index in [4.69, 9.17) is 0 Å². The molecule has 1 aromatic heterocycles. The molecule has 0 unspecified atom stereocenters. The van der Waals surface area contributed by atoms with E-state index in [1.807, 2.05) is 0 Å². The van der Waals surface area contributed by atoms with Gasteiger partial charge in [-0.15, -0.1) is 0 Å². The Morgan fingerprint density at radius 3 is 2.28 bits per heavy atom. The molecule has 2 aromatic rings. The van der Waals surface area contributed by atoms with Gasteiger partial charge in [-0.05, 0) is 23.8 Å². The van der Waals surface area contributed by atoms with Crippen molar-refractivity contribution in [2.45, 2.75) is 10.2 Å². The van der Waals surface area contributed by atoms with Crippen LogP contribution in [-0.2, 0) is 15.4 Å². The molecule has 0 radical (unpaired) electrons. The highest BCUT2D eigenvalue weighted by Crippen LogP contribution is 2.14. The number of alkyl halides is 1. The maximum absolute atomic E-state index is 12.0. The zero-order valence-electron chi connectivity index (χ0n) is 9.25. The standard InChI is InChI=1S/C11H10BrN3O2S/c12-8-9-2-4-10(5-3-9)18(16,17)15-11-13-6-1-7-14-11/h1-7H,8H2,(H,13,14,15). The van der Waals surface area contributed by atoms with Crippen molar-refractivity contribution in [2.75, 3.05) is 4.72 Å². The smallest absolute Gasteiger partial charge is 0.247 e. The average molecular weight is 328 g/mol. The number of rotatable bonds is 4. The van der Waals surface area contributed by atoms with Crippen molar-refractivity contribution in [3.05, 3.63) is 48.3 Å². The summed E-state index contributed by atoms with van der Waals surface area (Å²) in [6.45, 7) is 0. The molecular formula is C11H10BrN3O2S. The predicted octanol–water partition coefficient (Wildman–Crippen LogP) is 2.17. The van der Waals surface area contributed by atoms with E-state index in [0.717, 1.165) is 5.56 Å². The molecule has 5 nitrogen and oxygen atoms in total. The van der Waals surface area contributed by atoms with Crippen LogP contribution in [0.15, 0.2) is 47.6 Å². The Labute approximate surface area is 113 Å². The lowest BCUT2D eigenvalue weighted by molar-refractivity contribution is 0.601. The van der Waals surface area contributed by atoms with Gasteiger partial charge in [0.05, 0.1) is 4.90 Å². The van der Waals surface area contributed by atoms with Gasteiger partial charge in [0.2, 0.25) is 5.95 Å². The van der Waals surface area contributed by atoms with E-state index >= 15 is 0 Å². The zero-order valence-corrected chi connectivity index (χ0v) is 11.6. The SMILES string of the molecule is O=S(=O)(Nc1ncccn1)c1ccc(CBr)cc1. The number of nitrogens with zero attached hydrogens (tertiary/aromatic N) is 2. The molecular weight excluding hydrogens is 318 g/mol. The van der Waals surface area contributed by atoms with Crippen molar-refractivity contribution < 1.29 is 8.42 Å². The first-order chi connectivity index (χ1) is 8.62. The van der Waals surface area contributed by atoms with Crippen molar-refractivity contribution in [2.24, 2.45) is 0 Å². The highest BCUT2D eigenvalue weighted by molar-refractivity contribution is 9.08. The van der Waals surface area contributed by atoms with E-state index in [1.165, 1.54) is 12.4 Å². The molecule has 0 saturated heterocycles. The second-order valence-corrected chi connectivity index (χ2v) is 5.70. The largest absolute Gasteiger partial charge is 0.264 e. The summed E-state index contributed by atoms with van der Waals surface area (Å²) in [5.74, 6) is 0.0575. The molecule has 0 spiro atoms. The van der Waals surface area contributed by atoms with Gasteiger partial charge in [-0.25, -0.2) is 23.1 Å². The third kappa shape index (κ3) is 3.05. The summed E-state index contributed by atoms with van der Waals surface area (Å²) in [5, 5.41) is 0.683. The van der Waals surface area contributed by atoms with Gasteiger partial charge in [-0.3, -0.25) is 0 Å². The van der Waals surface area contributed by atoms with Crippen molar-refractivity contribution in [1.29, 1.82) is 0 Å². The quantitative estimate of drug-likeness (QED) is 0.873. The first-order valence-electron chi connectivity index (χ1n) is 5.06. The van der Waals surface area contributed by atoms with Crippen LogP contribution in [0.5, 0.6) is 0 Å². The van der Waals surface area contributed by atoms with E-state index < -0.39 is 10.0 Å². The van der Waals surface area contributed by atoms with E-state index in [0.29, 0.717) is 5.33 Å². The molecule has 2 rings (SSSR count). The Hall–Kier alpha value is -1.47. The van der Waals surface area contributed by atoms with Crippen molar-refractivity contribution in [3.63, 3.8) is 0 Å². The number of halogens is 1. The number of hydrogen-bond acceptors (Lipinski definition) is 4. The molecule has 18 heavy (non-hydrogen) atoms. The highest BCUT2D eigenvalue weighted by Gasteiger charge is 2.14. The fourth-order valence-corrected chi connectivity index (χ4v) is 2.62. The van der Waals surface area contributed by atoms with Crippen molar-refractivity contribution in [3.8, 4) is 0 Å². The van der Waals surface area contributed by atoms with Crippen LogP contribution in [0, 0.1) is 0 Å². The molecule has 0 bridgehead atoms. The predicted molar refractivity (Wildman–Crippen MR) is 71.9 cm³/mol. The van der Waals surface area contributed by atoms with Crippen molar-refractivity contribution in [1.82, 2.24) is 9.97 Å². The molecule has 0 aliphatic carbocycles. The van der Waals surface area contributed by atoms with E-state index in [2.05, 4.69) is 30.6 Å². The van der Waals surface area contributed by atoms with Gasteiger partial charge in [0.1, 0.15) is 0 Å². The van der Waals surface area contributed by atoms with Crippen LogP contribution in [0.1, 0.15) is 5.56 Å². The maximum Gasteiger partial charge on any atom is 0.264 e. The Kier molecular flexibility index (Phi) is 3.93. The van der Waals surface area contributed by atoms with Gasteiger partial charge >= 0.3 is 0 Å². The number of sulfonamides is 1. The first kappa shape index (κ1) is 13.0. The number of aromatic nitrogens is 2. The number of benzene rings is 1. The monoisotopic (exact) mass is 327 g/mol. The maximum atomic E-state index is 12.0. The normalized spacial score (nSPS) is 11.2. The van der Waals surface area contributed by atoms with Crippen LogP contribution in [0.4, 0.5) is 5.95 Å². The second-order valence-electron chi connectivity index (χ2n) is 3.46. The van der Waals surface area contributed by atoms with Crippen LogP contribution in [0.3, 0.4) is 0 Å². The fraction of sp³-hybridized carbons (Fsp3) is 0.0909. The molecule has 94 valence electrons. The summed E-state index contributed by atoms with van der Waals surface area (Å²) in [5.41, 5.74) is 1.00. The molecule has 0 saturated carbocycles. The van der Waals surface area contributed by atoms with Crippen LogP contribution in [-0.4, -0.2) is 18.4 Å². The number of hydrogen-bond donors (Lipinski definition) is 1. The fourth-order valence-electron chi connectivity index (χ4n) is 1.29. The Morgan fingerprint density at radius 1 is 1.11 bits per heavy atom. The molecule has 0 atom stereocenters. The van der Waals surface area contributed by atoms with E-state index in [-0.39, 0.29) is 10.8 Å². The molecule has 1 aromatic carbocycles. The van der Waals surface area contributed by atoms with Crippen molar-refractivity contribution >= 4 is 31.9 Å². The number of nitrogens with one attached hydrogen (secondary N) is 1. The molecule has 0 aliphatic rings. The minimum Gasteiger partial charge on any atom is -0.247 e. The van der Waals surface area contributed by atoms with E-state index in [1.54, 1.807) is 30.3 Å². The molecule has 0 aliphatic heterocycles. The third-order valence-corrected chi connectivity index (χ3v) is 4.17. The molecule has 0 fully saturated rings. The Morgan fingerprint density at radius 2 is 1.72 bits per heavy atom. The highest BCUT2D eigenvalue weighted by atomic mass is 79.9. The average Bonchev–Trinajstić information content (AvgIpc) is 2.39. The summed E-state index contributed by atoms with van der Waals surface area (Å²) in [4.78, 5) is 7.81. The van der Waals surface area contributed by atoms with Gasteiger partial charge in [0.25, 0.3) is 10.0 Å². The molecule has 7 heteroatoms. The second kappa shape index (κ2) is 5.45. The number of anilines is 1. The third-order valence-electron chi connectivity index (χ3n) is 2.18. The molecule has 1 heterocycles. The minimum absolute atomic E-state index is 0.0575. The van der Waals surface area contributed by atoms with E-state index in [9.17, 15) is 8.42 Å². The van der Waals surface area contributed by atoms with Crippen LogP contribution in [0.25, 0.3) is 0 Å². The van der Waals surface area contributed by atoms with Gasteiger partial charge in [-0.2, -0.15) is 0 Å². The summed E-state index contributed by atoms with van der Waals surface area (Å²) in [7, 11) is -3.63. The lowest BCUT2D eigenvalue weighted by Crippen LogP contribution is -2.14. The summed E-state index contributed by atoms with van der Waals surface area (Å²) in [6.07, 6.45) is 2.94. The topological polar surface area (TPSA) is 72.0 Å². The zero-order chi connectivity index (χ0) is 13.0. The lowest BCUT2D eigenvalue weighted by atomic mass is 10.2. The first-order valence-corrected chi connectivity index (χ1v) is 7.67. The van der Waals surface area contributed by atoms with Crippen LogP contribution >= 0.6 is 15.9 Å². The summed E-state index contributed by atoms with van der Waals surface area (Å²) < 4.78 is 26.3. The lowest BCUT2D eigenvalue weighted by Gasteiger charge is -2.06. The van der Waals surface area contributed by atoms with Crippen LogP contribution < -0.4 is 4.72 Å². The molecule has 1 N–H and O–H groups in total. The summed E-state index contributed by atoms with van der Waals surface area (Å²) in [6, 6.07) is 8.19. The minimum atomic E-state index is -3.63. The van der Waals surface area contributed by atoms with Gasteiger partial charge in [-0.1, -0.05) is 28.1 Å². The summed E-state index contributed by atoms with van der Waals surface area (Å²) >= 11 is 3.30. The Balaban J connectivity index is 2.25. The van der Waals surface area contributed by atoms with Gasteiger partial charge in [0.15, 0.2) is 0 Å².